The summed E-state index contributed by atoms with van der Waals surface area (Å²) < 4.78 is 0. The summed E-state index contributed by atoms with van der Waals surface area (Å²) in [5, 5.41) is 8.68. The van der Waals surface area contributed by atoms with Gasteiger partial charge in [-0.1, -0.05) is 0 Å². The fourth-order valence-corrected chi connectivity index (χ4v) is 2.14. The number of nitrogens with zero attached hydrogens (tertiary/aromatic N) is 2. The van der Waals surface area contributed by atoms with Gasteiger partial charge in [0.15, 0.2) is 0 Å². The Bertz CT molecular complexity index is 284. The number of aliphatic hydroxyl groups is 1. The number of unbranched alkanes of at least 4 members (excludes halogenated alkanes) is 1. The molecule has 2 amide bonds. The molecule has 1 aliphatic heterocycles. The topological polar surface area (TPSA) is 86.9 Å². The standard InChI is InChI=1S/C12H23N3O3/c13-11(17)10-14-5-3-6-15(8-7-14)12(18)4-1-2-9-16/h16H,1-10H2,(H2,13,17). The largest absolute Gasteiger partial charge is 0.396 e. The Morgan fingerprint density at radius 2 is 1.89 bits per heavy atom. The molecule has 1 heterocycles. The van der Waals surface area contributed by atoms with Crippen LogP contribution in [0.5, 0.6) is 0 Å². The third-order valence-corrected chi connectivity index (χ3v) is 3.12. The predicted molar refractivity (Wildman–Crippen MR) is 67.8 cm³/mol. The molecule has 1 aliphatic rings. The molecule has 6 heteroatoms. The zero-order chi connectivity index (χ0) is 13.4. The van der Waals surface area contributed by atoms with Crippen molar-refractivity contribution in [2.24, 2.45) is 5.73 Å². The number of hydrogen-bond acceptors (Lipinski definition) is 4. The molecule has 3 N–H and O–H groups in total. The number of hydrogen-bond donors (Lipinski definition) is 2. The first-order valence-corrected chi connectivity index (χ1v) is 6.53. The van der Waals surface area contributed by atoms with Gasteiger partial charge in [0.1, 0.15) is 0 Å². The minimum absolute atomic E-state index is 0.139. The van der Waals surface area contributed by atoms with Crippen LogP contribution in [0.4, 0.5) is 0 Å². The summed E-state index contributed by atoms with van der Waals surface area (Å²) in [6.45, 7) is 3.32. The van der Waals surface area contributed by atoms with Crippen LogP contribution in [0.2, 0.25) is 0 Å². The lowest BCUT2D eigenvalue weighted by molar-refractivity contribution is -0.131. The van der Waals surface area contributed by atoms with Crippen molar-refractivity contribution >= 4 is 11.8 Å². The van der Waals surface area contributed by atoms with Gasteiger partial charge in [0.05, 0.1) is 6.54 Å². The highest BCUT2D eigenvalue weighted by Crippen LogP contribution is 2.06. The molecule has 1 rings (SSSR count). The van der Waals surface area contributed by atoms with Crippen molar-refractivity contribution in [3.63, 3.8) is 0 Å². The van der Waals surface area contributed by atoms with Crippen LogP contribution >= 0.6 is 0 Å². The SMILES string of the molecule is NC(=O)CN1CCCN(C(=O)CCCCO)CC1. The Hall–Kier alpha value is -1.14. The quantitative estimate of drug-likeness (QED) is 0.608. The zero-order valence-corrected chi connectivity index (χ0v) is 10.8. The van der Waals surface area contributed by atoms with Gasteiger partial charge in [-0.05, 0) is 19.3 Å². The van der Waals surface area contributed by atoms with Gasteiger partial charge in [-0.15, -0.1) is 0 Å². The van der Waals surface area contributed by atoms with Gasteiger partial charge in [-0.25, -0.2) is 0 Å². The van der Waals surface area contributed by atoms with Gasteiger partial charge in [0, 0.05) is 39.2 Å². The molecule has 0 radical (unpaired) electrons. The van der Waals surface area contributed by atoms with Crippen molar-refractivity contribution in [2.45, 2.75) is 25.7 Å². The van der Waals surface area contributed by atoms with E-state index in [0.717, 1.165) is 25.9 Å². The van der Waals surface area contributed by atoms with E-state index in [1.807, 2.05) is 9.80 Å². The molecule has 104 valence electrons. The molecule has 18 heavy (non-hydrogen) atoms. The lowest BCUT2D eigenvalue weighted by Gasteiger charge is -2.21. The predicted octanol–water partition coefficient (Wildman–Crippen LogP) is -0.831. The lowest BCUT2D eigenvalue weighted by atomic mass is 10.2. The maximum atomic E-state index is 11.9. The first-order chi connectivity index (χ1) is 8.63. The van der Waals surface area contributed by atoms with E-state index < -0.39 is 0 Å². The van der Waals surface area contributed by atoms with Crippen molar-refractivity contribution in [3.8, 4) is 0 Å². The highest BCUT2D eigenvalue weighted by atomic mass is 16.3. The highest BCUT2D eigenvalue weighted by molar-refractivity contribution is 5.76. The Labute approximate surface area is 108 Å². The third kappa shape index (κ3) is 5.46. The Morgan fingerprint density at radius 1 is 1.11 bits per heavy atom. The lowest BCUT2D eigenvalue weighted by Crippen LogP contribution is -2.38. The molecule has 0 aromatic rings. The van der Waals surface area contributed by atoms with Crippen LogP contribution in [0.3, 0.4) is 0 Å². The minimum atomic E-state index is -0.322. The molecule has 0 aliphatic carbocycles. The second-order valence-electron chi connectivity index (χ2n) is 4.66. The van der Waals surface area contributed by atoms with Crippen LogP contribution in [0.25, 0.3) is 0 Å². The Balaban J connectivity index is 2.32. The summed E-state index contributed by atoms with van der Waals surface area (Å²) in [4.78, 5) is 26.6. The Kier molecular flexibility index (Phi) is 6.67. The van der Waals surface area contributed by atoms with E-state index in [1.54, 1.807) is 0 Å². The van der Waals surface area contributed by atoms with Gasteiger partial charge in [0.25, 0.3) is 0 Å². The summed E-state index contributed by atoms with van der Waals surface area (Å²) in [6, 6.07) is 0. The second-order valence-corrected chi connectivity index (χ2v) is 4.66. The average molecular weight is 257 g/mol. The first kappa shape index (κ1) is 14.9. The van der Waals surface area contributed by atoms with Crippen LogP contribution in [-0.4, -0.2) is 66.1 Å². The zero-order valence-electron chi connectivity index (χ0n) is 10.8. The molecule has 0 bridgehead atoms. The molecule has 0 spiro atoms. The molecule has 0 saturated carbocycles. The molecule has 0 unspecified atom stereocenters. The van der Waals surface area contributed by atoms with Gasteiger partial charge in [0.2, 0.25) is 11.8 Å². The fraction of sp³-hybridized carbons (Fsp3) is 0.833. The summed E-state index contributed by atoms with van der Waals surface area (Å²) >= 11 is 0. The van der Waals surface area contributed by atoms with E-state index in [-0.39, 0.29) is 25.0 Å². The molecule has 6 nitrogen and oxygen atoms in total. The maximum absolute atomic E-state index is 11.9. The van der Waals surface area contributed by atoms with Crippen molar-refractivity contribution < 1.29 is 14.7 Å². The highest BCUT2D eigenvalue weighted by Gasteiger charge is 2.19. The van der Waals surface area contributed by atoms with Gasteiger partial charge in [-0.3, -0.25) is 14.5 Å². The van der Waals surface area contributed by atoms with E-state index in [0.29, 0.717) is 25.9 Å². The van der Waals surface area contributed by atoms with E-state index in [2.05, 4.69) is 0 Å². The summed E-state index contributed by atoms with van der Waals surface area (Å²) in [5.41, 5.74) is 5.16. The van der Waals surface area contributed by atoms with Crippen LogP contribution < -0.4 is 5.73 Å². The number of nitrogens with two attached hydrogens (primary N) is 1. The van der Waals surface area contributed by atoms with Gasteiger partial charge < -0.3 is 15.7 Å². The number of rotatable bonds is 6. The number of primary amides is 1. The van der Waals surface area contributed by atoms with Gasteiger partial charge >= 0.3 is 0 Å². The van der Waals surface area contributed by atoms with Gasteiger partial charge in [-0.2, -0.15) is 0 Å². The van der Waals surface area contributed by atoms with Crippen molar-refractivity contribution in [3.05, 3.63) is 0 Å². The summed E-state index contributed by atoms with van der Waals surface area (Å²) in [5.74, 6) is -0.179. The fourth-order valence-electron chi connectivity index (χ4n) is 2.14. The molecule has 0 aromatic carbocycles. The van der Waals surface area contributed by atoms with Crippen molar-refractivity contribution in [1.82, 2.24) is 9.80 Å². The van der Waals surface area contributed by atoms with E-state index in [4.69, 9.17) is 10.8 Å². The van der Waals surface area contributed by atoms with E-state index in [1.165, 1.54) is 0 Å². The molecule has 0 atom stereocenters. The van der Waals surface area contributed by atoms with Crippen LogP contribution in [-0.2, 0) is 9.59 Å². The van der Waals surface area contributed by atoms with Crippen LogP contribution in [0, 0.1) is 0 Å². The molecule has 0 aromatic heterocycles. The third-order valence-electron chi connectivity index (χ3n) is 3.12. The second kappa shape index (κ2) is 8.05. The first-order valence-electron chi connectivity index (χ1n) is 6.53. The molecule has 1 fully saturated rings. The van der Waals surface area contributed by atoms with Crippen LogP contribution in [0.15, 0.2) is 0 Å². The Morgan fingerprint density at radius 3 is 2.56 bits per heavy atom. The number of aliphatic hydroxyl groups excluding tert-OH is 1. The average Bonchev–Trinajstić information content (AvgIpc) is 2.54. The molecular formula is C12H23N3O3. The van der Waals surface area contributed by atoms with E-state index in [9.17, 15) is 9.59 Å². The maximum Gasteiger partial charge on any atom is 0.231 e. The van der Waals surface area contributed by atoms with Crippen molar-refractivity contribution in [2.75, 3.05) is 39.3 Å². The van der Waals surface area contributed by atoms with Crippen LogP contribution in [0.1, 0.15) is 25.7 Å². The summed E-state index contributed by atoms with van der Waals surface area (Å²) in [6.07, 6.45) is 2.78. The number of amides is 2. The smallest absolute Gasteiger partial charge is 0.231 e. The van der Waals surface area contributed by atoms with Crippen molar-refractivity contribution in [1.29, 1.82) is 0 Å². The normalized spacial score (nSPS) is 17.5. The summed E-state index contributed by atoms with van der Waals surface area (Å²) in [7, 11) is 0. The monoisotopic (exact) mass is 257 g/mol. The van der Waals surface area contributed by atoms with E-state index >= 15 is 0 Å². The molecule has 1 saturated heterocycles. The number of carbonyl (C=O) groups excluding carboxylic acids is 2. The number of carbonyl (C=O) groups is 2. The molecular weight excluding hydrogens is 234 g/mol. The minimum Gasteiger partial charge on any atom is -0.396 e.